The van der Waals surface area contributed by atoms with E-state index in [1.165, 1.54) is 4.90 Å². The van der Waals surface area contributed by atoms with Crippen molar-refractivity contribution >= 4 is 29.3 Å². The van der Waals surface area contributed by atoms with E-state index in [4.69, 9.17) is 0 Å². The number of hydrogen-bond acceptors (Lipinski definition) is 5. The highest BCUT2D eigenvalue weighted by Gasteiger charge is 2.29. The van der Waals surface area contributed by atoms with E-state index in [1.54, 1.807) is 6.20 Å². The molecule has 2 aliphatic heterocycles. The quantitative estimate of drug-likeness (QED) is 0.821. The second-order valence-electron chi connectivity index (χ2n) is 8.41. The van der Waals surface area contributed by atoms with Crippen LogP contribution in [0.2, 0.25) is 0 Å². The topological polar surface area (TPSA) is 90.3 Å². The van der Waals surface area contributed by atoms with Gasteiger partial charge >= 0.3 is 6.03 Å². The Morgan fingerprint density at radius 2 is 2.07 bits per heavy atom. The van der Waals surface area contributed by atoms with Crippen LogP contribution in [0.25, 0.3) is 5.65 Å². The normalized spacial score (nSPS) is 20.9. The van der Waals surface area contributed by atoms with E-state index in [-0.39, 0.29) is 30.2 Å². The van der Waals surface area contributed by atoms with E-state index < -0.39 is 6.03 Å². The van der Waals surface area contributed by atoms with Crippen molar-refractivity contribution in [1.82, 2.24) is 24.5 Å². The first-order valence-electron chi connectivity index (χ1n) is 10.4. The van der Waals surface area contributed by atoms with Crippen LogP contribution in [-0.2, 0) is 16.1 Å². The Balaban J connectivity index is 1.45. The number of pyridine rings is 1. The zero-order valence-corrected chi connectivity index (χ0v) is 17.7. The number of rotatable bonds is 4. The van der Waals surface area contributed by atoms with Crippen LogP contribution >= 0.6 is 0 Å². The minimum absolute atomic E-state index is 0.0242. The van der Waals surface area contributed by atoms with E-state index in [0.29, 0.717) is 12.4 Å². The molecule has 4 rings (SSSR count). The van der Waals surface area contributed by atoms with Crippen molar-refractivity contribution in [2.45, 2.75) is 39.8 Å². The highest BCUT2D eigenvalue weighted by Crippen LogP contribution is 2.21. The number of imidazole rings is 1. The van der Waals surface area contributed by atoms with E-state index in [9.17, 15) is 14.4 Å². The van der Waals surface area contributed by atoms with Crippen molar-refractivity contribution < 1.29 is 14.4 Å². The number of piperazine rings is 1. The molecule has 2 saturated heterocycles. The summed E-state index contributed by atoms with van der Waals surface area (Å²) in [6.07, 6.45) is 3.85. The van der Waals surface area contributed by atoms with Crippen molar-refractivity contribution in [1.29, 1.82) is 0 Å². The first-order chi connectivity index (χ1) is 14.3. The van der Waals surface area contributed by atoms with Gasteiger partial charge in [-0.05, 0) is 24.6 Å². The van der Waals surface area contributed by atoms with E-state index in [0.717, 1.165) is 37.4 Å². The molecule has 2 fully saturated rings. The molecule has 0 radical (unpaired) electrons. The van der Waals surface area contributed by atoms with Gasteiger partial charge in [-0.3, -0.25) is 29.1 Å². The standard InChI is InChI=1S/C21H28N6O3/c1-14(2)20(29)25-9-8-24(12-15(25)3)13-16-4-6-26-17(10-16)22-11-19(26)27-7-5-18(28)23-21(27)30/h4,6,10-11,14-15H,5,7-9,12-13H2,1-3H3,(H,23,28,30)/t15-/m0/s1. The van der Waals surface area contributed by atoms with Crippen LogP contribution in [0.5, 0.6) is 0 Å². The number of hydrogen-bond donors (Lipinski definition) is 1. The number of anilines is 1. The van der Waals surface area contributed by atoms with Gasteiger partial charge in [-0.2, -0.15) is 0 Å². The molecule has 9 heteroatoms. The van der Waals surface area contributed by atoms with Crippen molar-refractivity contribution in [3.8, 4) is 0 Å². The molecule has 0 spiro atoms. The van der Waals surface area contributed by atoms with Gasteiger partial charge in [-0.15, -0.1) is 0 Å². The fourth-order valence-electron chi connectivity index (χ4n) is 4.18. The molecule has 1 N–H and O–H groups in total. The lowest BCUT2D eigenvalue weighted by atomic mass is 10.1. The summed E-state index contributed by atoms with van der Waals surface area (Å²) in [6.45, 7) is 9.55. The molecular weight excluding hydrogens is 384 g/mol. The third-order valence-corrected chi connectivity index (χ3v) is 5.78. The molecule has 0 aromatic carbocycles. The lowest BCUT2D eigenvalue weighted by molar-refractivity contribution is -0.139. The van der Waals surface area contributed by atoms with Gasteiger partial charge in [0.05, 0.1) is 6.20 Å². The summed E-state index contributed by atoms with van der Waals surface area (Å²) < 4.78 is 1.86. The van der Waals surface area contributed by atoms with Gasteiger partial charge in [0.1, 0.15) is 11.5 Å². The number of carbonyl (C=O) groups is 3. The van der Waals surface area contributed by atoms with Crippen molar-refractivity contribution in [3.63, 3.8) is 0 Å². The summed E-state index contributed by atoms with van der Waals surface area (Å²) in [6, 6.07) is 3.82. The molecule has 0 bridgehead atoms. The Hall–Kier alpha value is -2.94. The number of amides is 4. The van der Waals surface area contributed by atoms with E-state index in [1.807, 2.05) is 41.5 Å². The first-order valence-corrected chi connectivity index (χ1v) is 10.4. The summed E-state index contributed by atoms with van der Waals surface area (Å²) in [7, 11) is 0. The Morgan fingerprint density at radius 3 is 2.77 bits per heavy atom. The summed E-state index contributed by atoms with van der Waals surface area (Å²) in [4.78, 5) is 46.2. The van der Waals surface area contributed by atoms with Crippen LogP contribution in [-0.4, -0.2) is 69.3 Å². The van der Waals surface area contributed by atoms with Crippen molar-refractivity contribution in [2.24, 2.45) is 5.92 Å². The summed E-state index contributed by atoms with van der Waals surface area (Å²) in [5.41, 5.74) is 1.89. The number of urea groups is 1. The number of carbonyl (C=O) groups excluding carboxylic acids is 3. The highest BCUT2D eigenvalue weighted by molar-refractivity contribution is 6.05. The molecule has 0 unspecified atom stereocenters. The average molecular weight is 412 g/mol. The third kappa shape index (κ3) is 3.89. The zero-order chi connectivity index (χ0) is 21.4. The lowest BCUT2D eigenvalue weighted by Gasteiger charge is -2.40. The number of imide groups is 1. The molecule has 0 saturated carbocycles. The fraction of sp³-hybridized carbons (Fsp3) is 0.524. The molecule has 2 aliphatic rings. The van der Waals surface area contributed by atoms with Crippen LogP contribution in [0.3, 0.4) is 0 Å². The number of nitrogens with zero attached hydrogens (tertiary/aromatic N) is 5. The maximum Gasteiger partial charge on any atom is 0.329 e. The molecule has 4 heterocycles. The molecule has 2 aromatic rings. The minimum Gasteiger partial charge on any atom is -0.337 e. The maximum atomic E-state index is 12.3. The van der Waals surface area contributed by atoms with Crippen molar-refractivity contribution in [3.05, 3.63) is 30.1 Å². The van der Waals surface area contributed by atoms with Gasteiger partial charge in [0, 0.05) is 57.3 Å². The van der Waals surface area contributed by atoms with E-state index in [2.05, 4.69) is 22.1 Å². The highest BCUT2D eigenvalue weighted by atomic mass is 16.2. The van der Waals surface area contributed by atoms with E-state index >= 15 is 0 Å². The van der Waals surface area contributed by atoms with Gasteiger partial charge in [0.2, 0.25) is 11.8 Å². The van der Waals surface area contributed by atoms with Crippen LogP contribution in [0.4, 0.5) is 10.6 Å². The Morgan fingerprint density at radius 1 is 1.27 bits per heavy atom. The maximum absolute atomic E-state index is 12.3. The predicted molar refractivity (Wildman–Crippen MR) is 112 cm³/mol. The van der Waals surface area contributed by atoms with Gasteiger partial charge in [-0.25, -0.2) is 9.78 Å². The fourth-order valence-corrected chi connectivity index (χ4v) is 4.18. The average Bonchev–Trinajstić information content (AvgIpc) is 3.10. The molecule has 2 aromatic heterocycles. The largest absolute Gasteiger partial charge is 0.337 e. The summed E-state index contributed by atoms with van der Waals surface area (Å²) in [5.74, 6) is 0.640. The van der Waals surface area contributed by atoms with Gasteiger partial charge < -0.3 is 4.90 Å². The summed E-state index contributed by atoms with van der Waals surface area (Å²) >= 11 is 0. The third-order valence-electron chi connectivity index (χ3n) is 5.78. The molecule has 30 heavy (non-hydrogen) atoms. The number of nitrogens with one attached hydrogen (secondary N) is 1. The number of fused-ring (bicyclic) bond motifs is 1. The molecule has 1 atom stereocenters. The minimum atomic E-state index is -0.417. The molecular formula is C21H28N6O3. The molecule has 4 amide bonds. The second kappa shape index (κ2) is 8.06. The van der Waals surface area contributed by atoms with Crippen LogP contribution in [0.15, 0.2) is 24.5 Å². The molecule has 0 aliphatic carbocycles. The van der Waals surface area contributed by atoms with Gasteiger partial charge in [0.15, 0.2) is 0 Å². The SMILES string of the molecule is CC(C)C(=O)N1CCN(Cc2ccn3c(N4CCC(=O)NC4=O)cnc3c2)C[C@@H]1C. The molecule has 9 nitrogen and oxygen atoms in total. The first kappa shape index (κ1) is 20.3. The summed E-state index contributed by atoms with van der Waals surface area (Å²) in [5, 5.41) is 2.34. The smallest absolute Gasteiger partial charge is 0.329 e. The van der Waals surface area contributed by atoms with Crippen LogP contribution in [0, 0.1) is 5.92 Å². The van der Waals surface area contributed by atoms with Crippen LogP contribution in [0.1, 0.15) is 32.8 Å². The van der Waals surface area contributed by atoms with Gasteiger partial charge in [-0.1, -0.05) is 13.8 Å². The van der Waals surface area contributed by atoms with Crippen molar-refractivity contribution in [2.75, 3.05) is 31.1 Å². The zero-order valence-electron chi connectivity index (χ0n) is 17.7. The molecule has 160 valence electrons. The predicted octanol–water partition coefficient (Wildman–Crippen LogP) is 1.47. The Bertz CT molecular complexity index is 984. The Labute approximate surface area is 175 Å². The van der Waals surface area contributed by atoms with Crippen LogP contribution < -0.4 is 10.2 Å². The second-order valence-corrected chi connectivity index (χ2v) is 8.41. The Kier molecular flexibility index (Phi) is 5.46. The van der Waals surface area contributed by atoms with Gasteiger partial charge in [0.25, 0.3) is 0 Å². The monoisotopic (exact) mass is 412 g/mol. The lowest BCUT2D eigenvalue weighted by Crippen LogP contribution is -2.54. The number of aromatic nitrogens is 2.